The van der Waals surface area contributed by atoms with Crippen LogP contribution in [0.15, 0.2) is 24.3 Å². The number of carbonyl (C=O) groups excluding carboxylic acids is 1. The van der Waals surface area contributed by atoms with Crippen LogP contribution in [0.2, 0.25) is 0 Å². The molecule has 0 saturated carbocycles. The Hall–Kier alpha value is -1.35. The molecule has 3 heteroatoms. The van der Waals surface area contributed by atoms with E-state index >= 15 is 0 Å². The molecule has 1 aromatic rings. The third kappa shape index (κ3) is 4.35. The summed E-state index contributed by atoms with van der Waals surface area (Å²) in [5.74, 6) is 1.03. The first-order chi connectivity index (χ1) is 9.29. The van der Waals surface area contributed by atoms with E-state index in [1.165, 1.54) is 0 Å². The molecule has 1 unspecified atom stereocenters. The van der Waals surface area contributed by atoms with E-state index in [2.05, 4.69) is 0 Å². The Bertz CT molecular complexity index is 391. The molecule has 0 spiro atoms. The molecule has 3 nitrogen and oxygen atoms in total. The fraction of sp³-hybridized carbons (Fsp3) is 0.562. The molecule has 0 aliphatic carbocycles. The van der Waals surface area contributed by atoms with Crippen LogP contribution >= 0.6 is 0 Å². The highest BCUT2D eigenvalue weighted by Gasteiger charge is 2.15. The molecule has 1 saturated heterocycles. The molecule has 1 aliphatic rings. The topological polar surface area (TPSA) is 35.5 Å². The molecule has 1 fully saturated rings. The molecule has 0 bridgehead atoms. The Labute approximate surface area is 114 Å². The molecular weight excluding hydrogens is 240 g/mol. The zero-order chi connectivity index (χ0) is 13.5. The van der Waals surface area contributed by atoms with Gasteiger partial charge in [-0.15, -0.1) is 0 Å². The number of benzene rings is 1. The van der Waals surface area contributed by atoms with Crippen LogP contribution in [0.4, 0.5) is 0 Å². The van der Waals surface area contributed by atoms with Crippen LogP contribution in [0.3, 0.4) is 0 Å². The molecule has 19 heavy (non-hydrogen) atoms. The predicted octanol–water partition coefficient (Wildman–Crippen LogP) is 3.62. The fourth-order valence-corrected chi connectivity index (χ4v) is 2.41. The fourth-order valence-electron chi connectivity index (χ4n) is 2.41. The van der Waals surface area contributed by atoms with Gasteiger partial charge in [0.1, 0.15) is 5.75 Å². The minimum atomic E-state index is 0.209. The smallest absolute Gasteiger partial charge is 0.162 e. The van der Waals surface area contributed by atoms with E-state index in [0.29, 0.717) is 19.1 Å². The predicted molar refractivity (Wildman–Crippen MR) is 74.8 cm³/mol. The molecule has 1 aliphatic heterocycles. The average Bonchev–Trinajstić information content (AvgIpc) is 2.93. The number of carbonyl (C=O) groups is 1. The third-order valence-electron chi connectivity index (χ3n) is 3.44. The van der Waals surface area contributed by atoms with E-state index in [-0.39, 0.29) is 5.78 Å². The second-order valence-corrected chi connectivity index (χ2v) is 4.91. The lowest BCUT2D eigenvalue weighted by molar-refractivity contribution is 0.0923. The lowest BCUT2D eigenvalue weighted by Crippen LogP contribution is -2.06. The number of hydrogen-bond acceptors (Lipinski definition) is 3. The lowest BCUT2D eigenvalue weighted by Gasteiger charge is -2.08. The minimum Gasteiger partial charge on any atom is -0.494 e. The van der Waals surface area contributed by atoms with E-state index in [4.69, 9.17) is 9.47 Å². The van der Waals surface area contributed by atoms with Crippen LogP contribution in [0, 0.1) is 0 Å². The molecule has 0 amide bonds. The quantitative estimate of drug-likeness (QED) is 0.704. The number of Topliss-reactive ketones (excluding diaryl/α,β-unsaturated/α-hetero) is 1. The van der Waals surface area contributed by atoms with Crippen LogP contribution in [-0.2, 0) is 4.74 Å². The van der Waals surface area contributed by atoms with Gasteiger partial charge in [0.25, 0.3) is 0 Å². The molecule has 0 aromatic heterocycles. The van der Waals surface area contributed by atoms with Gasteiger partial charge in [0, 0.05) is 18.6 Å². The van der Waals surface area contributed by atoms with E-state index in [9.17, 15) is 4.79 Å². The van der Waals surface area contributed by atoms with E-state index < -0.39 is 0 Å². The van der Waals surface area contributed by atoms with Crippen molar-refractivity contribution < 1.29 is 14.3 Å². The van der Waals surface area contributed by atoms with E-state index in [1.54, 1.807) is 0 Å². The summed E-state index contributed by atoms with van der Waals surface area (Å²) in [6.45, 7) is 3.48. The maximum Gasteiger partial charge on any atom is 0.162 e. The lowest BCUT2D eigenvalue weighted by atomic mass is 10.0. The SMILES string of the molecule is CCOc1ccc(C(=O)CCCC2CCCO2)cc1. The van der Waals surface area contributed by atoms with Crippen LogP contribution in [0.25, 0.3) is 0 Å². The Kier molecular flexibility index (Phi) is 5.40. The summed E-state index contributed by atoms with van der Waals surface area (Å²) in [6, 6.07) is 7.41. The second-order valence-electron chi connectivity index (χ2n) is 4.91. The maximum atomic E-state index is 12.0. The van der Waals surface area contributed by atoms with Crippen molar-refractivity contribution in [3.63, 3.8) is 0 Å². The number of ether oxygens (including phenoxy) is 2. The molecule has 1 atom stereocenters. The van der Waals surface area contributed by atoms with E-state index in [0.717, 1.165) is 43.6 Å². The van der Waals surface area contributed by atoms with Gasteiger partial charge in [0.05, 0.1) is 12.7 Å². The van der Waals surface area contributed by atoms with Gasteiger partial charge < -0.3 is 9.47 Å². The third-order valence-corrected chi connectivity index (χ3v) is 3.44. The van der Waals surface area contributed by atoms with Gasteiger partial charge in [-0.25, -0.2) is 0 Å². The standard InChI is InChI=1S/C16H22O3/c1-2-18-15-10-8-13(9-11-15)16(17)7-3-5-14-6-4-12-19-14/h8-11,14H,2-7,12H2,1H3. The molecular formula is C16H22O3. The Morgan fingerprint density at radius 2 is 2.16 bits per heavy atom. The number of ketones is 1. The molecule has 1 heterocycles. The van der Waals surface area contributed by atoms with Crippen molar-refractivity contribution >= 4 is 5.78 Å². The summed E-state index contributed by atoms with van der Waals surface area (Å²) >= 11 is 0. The van der Waals surface area contributed by atoms with E-state index in [1.807, 2.05) is 31.2 Å². The van der Waals surface area contributed by atoms with Gasteiger partial charge in [0.2, 0.25) is 0 Å². The van der Waals surface area contributed by atoms with Gasteiger partial charge in [-0.05, 0) is 56.9 Å². The van der Waals surface area contributed by atoms with Gasteiger partial charge >= 0.3 is 0 Å². The molecule has 1 aromatic carbocycles. The summed E-state index contributed by atoms with van der Waals surface area (Å²) in [4.78, 5) is 12.0. The van der Waals surface area contributed by atoms with Crippen LogP contribution in [0.1, 0.15) is 49.4 Å². The average molecular weight is 262 g/mol. The number of rotatable bonds is 7. The van der Waals surface area contributed by atoms with Crippen molar-refractivity contribution in [1.82, 2.24) is 0 Å². The van der Waals surface area contributed by atoms with Gasteiger partial charge in [0.15, 0.2) is 5.78 Å². The minimum absolute atomic E-state index is 0.209. The summed E-state index contributed by atoms with van der Waals surface area (Å²) in [6.07, 6.45) is 5.22. The highest BCUT2D eigenvalue weighted by molar-refractivity contribution is 5.96. The molecule has 0 N–H and O–H groups in total. The first kappa shape index (κ1) is 14.1. The monoisotopic (exact) mass is 262 g/mol. The van der Waals surface area contributed by atoms with Gasteiger partial charge in [-0.1, -0.05) is 0 Å². The summed E-state index contributed by atoms with van der Waals surface area (Å²) in [5.41, 5.74) is 0.774. The van der Waals surface area contributed by atoms with Crippen LogP contribution in [-0.4, -0.2) is 25.1 Å². The maximum absolute atomic E-state index is 12.0. The first-order valence-electron chi connectivity index (χ1n) is 7.17. The highest BCUT2D eigenvalue weighted by atomic mass is 16.5. The molecule has 104 valence electrons. The zero-order valence-electron chi connectivity index (χ0n) is 11.6. The van der Waals surface area contributed by atoms with Crippen molar-refractivity contribution in [3.8, 4) is 5.75 Å². The highest BCUT2D eigenvalue weighted by Crippen LogP contribution is 2.19. The normalized spacial score (nSPS) is 18.5. The van der Waals surface area contributed by atoms with Crippen molar-refractivity contribution in [1.29, 1.82) is 0 Å². The van der Waals surface area contributed by atoms with Gasteiger partial charge in [-0.2, -0.15) is 0 Å². The summed E-state index contributed by atoms with van der Waals surface area (Å²) in [5, 5.41) is 0. The number of hydrogen-bond donors (Lipinski definition) is 0. The van der Waals surface area contributed by atoms with Crippen LogP contribution < -0.4 is 4.74 Å². The van der Waals surface area contributed by atoms with Gasteiger partial charge in [-0.3, -0.25) is 4.79 Å². The zero-order valence-corrected chi connectivity index (χ0v) is 11.6. The largest absolute Gasteiger partial charge is 0.494 e. The Balaban J connectivity index is 1.75. The molecule has 0 radical (unpaired) electrons. The Morgan fingerprint density at radius 1 is 1.37 bits per heavy atom. The first-order valence-corrected chi connectivity index (χ1v) is 7.17. The van der Waals surface area contributed by atoms with Crippen molar-refractivity contribution in [2.24, 2.45) is 0 Å². The second kappa shape index (κ2) is 7.29. The van der Waals surface area contributed by atoms with Crippen molar-refractivity contribution in [2.45, 2.75) is 45.1 Å². The summed E-state index contributed by atoms with van der Waals surface area (Å²) < 4.78 is 10.9. The Morgan fingerprint density at radius 3 is 2.79 bits per heavy atom. The van der Waals surface area contributed by atoms with Crippen molar-refractivity contribution in [2.75, 3.05) is 13.2 Å². The summed E-state index contributed by atoms with van der Waals surface area (Å²) in [7, 11) is 0. The molecule has 2 rings (SSSR count). The van der Waals surface area contributed by atoms with Crippen LogP contribution in [0.5, 0.6) is 5.75 Å². The van der Waals surface area contributed by atoms with Crippen molar-refractivity contribution in [3.05, 3.63) is 29.8 Å².